The monoisotopic (exact) mass is 380 g/mol. The molecule has 0 fully saturated rings. The van der Waals surface area contributed by atoms with Crippen molar-refractivity contribution in [2.24, 2.45) is 11.8 Å². The van der Waals surface area contributed by atoms with E-state index >= 15 is 0 Å². The number of nitrogens with one attached hydrogen (secondary N) is 2. The number of hydrogen-bond donors (Lipinski definition) is 2. The number of rotatable bonds is 9. The third-order valence-corrected chi connectivity index (χ3v) is 4.98. The Balaban J connectivity index is 2.06. The molecule has 2 aromatic rings. The van der Waals surface area contributed by atoms with Gasteiger partial charge in [0.2, 0.25) is 11.8 Å². The molecular weight excluding hydrogens is 348 g/mol. The number of benzene rings is 2. The van der Waals surface area contributed by atoms with Gasteiger partial charge in [0.05, 0.1) is 12.1 Å². The molecule has 0 radical (unpaired) electrons. The van der Waals surface area contributed by atoms with Crippen molar-refractivity contribution in [3.63, 3.8) is 0 Å². The molecule has 0 aliphatic heterocycles. The van der Waals surface area contributed by atoms with Crippen LogP contribution in [0.1, 0.15) is 63.7 Å². The van der Waals surface area contributed by atoms with Crippen molar-refractivity contribution in [1.82, 2.24) is 10.6 Å². The molecule has 0 unspecified atom stereocenters. The summed E-state index contributed by atoms with van der Waals surface area (Å²) in [4.78, 5) is 25.9. The number of carbonyl (C=O) groups excluding carboxylic acids is 2. The Morgan fingerprint density at radius 1 is 0.679 bits per heavy atom. The average molecular weight is 381 g/mol. The molecule has 28 heavy (non-hydrogen) atoms. The van der Waals surface area contributed by atoms with Crippen LogP contribution in [0.5, 0.6) is 0 Å². The van der Waals surface area contributed by atoms with Gasteiger partial charge >= 0.3 is 0 Å². The number of carbonyl (C=O) groups is 2. The summed E-state index contributed by atoms with van der Waals surface area (Å²) in [6, 6.07) is 19.3. The molecular formula is C24H32N2O2. The van der Waals surface area contributed by atoms with E-state index in [1.807, 2.05) is 74.5 Å². The van der Waals surface area contributed by atoms with Crippen molar-refractivity contribution in [1.29, 1.82) is 0 Å². The zero-order chi connectivity index (χ0) is 20.5. The summed E-state index contributed by atoms with van der Waals surface area (Å²) in [6.45, 7) is 8.09. The van der Waals surface area contributed by atoms with Crippen molar-refractivity contribution < 1.29 is 9.59 Å². The fourth-order valence-corrected chi connectivity index (χ4v) is 3.16. The molecule has 2 atom stereocenters. The highest BCUT2D eigenvalue weighted by molar-refractivity contribution is 6.00. The number of amides is 2. The van der Waals surface area contributed by atoms with Gasteiger partial charge in [-0.3, -0.25) is 9.59 Å². The van der Waals surface area contributed by atoms with Crippen LogP contribution in [0.3, 0.4) is 0 Å². The predicted octanol–water partition coefficient (Wildman–Crippen LogP) is 4.79. The first-order valence-corrected chi connectivity index (χ1v) is 10.1. The average Bonchev–Trinajstić information content (AvgIpc) is 2.69. The lowest BCUT2D eigenvalue weighted by molar-refractivity contribution is -0.136. The molecule has 2 amide bonds. The highest BCUT2D eigenvalue weighted by Gasteiger charge is 2.28. The lowest BCUT2D eigenvalue weighted by atomic mass is 9.95. The van der Waals surface area contributed by atoms with Gasteiger partial charge in [-0.05, 0) is 43.7 Å². The van der Waals surface area contributed by atoms with Crippen LogP contribution >= 0.6 is 0 Å². The van der Waals surface area contributed by atoms with E-state index in [0.29, 0.717) is 12.3 Å². The fraction of sp³-hybridized carbons (Fsp3) is 0.417. The molecule has 0 heterocycles. The Labute approximate surface area is 168 Å². The van der Waals surface area contributed by atoms with Gasteiger partial charge in [0.1, 0.15) is 5.92 Å². The van der Waals surface area contributed by atoms with Crippen molar-refractivity contribution >= 4 is 11.8 Å². The Bertz CT molecular complexity index is 684. The summed E-state index contributed by atoms with van der Waals surface area (Å²) in [5.41, 5.74) is 2.05. The van der Waals surface area contributed by atoms with E-state index in [9.17, 15) is 9.59 Å². The number of hydrogen-bond acceptors (Lipinski definition) is 2. The summed E-state index contributed by atoms with van der Waals surface area (Å²) >= 11 is 0. The van der Waals surface area contributed by atoms with Crippen molar-refractivity contribution in [3.8, 4) is 0 Å². The molecule has 0 aromatic heterocycles. The van der Waals surface area contributed by atoms with Crippen LogP contribution in [0.25, 0.3) is 0 Å². The lowest BCUT2D eigenvalue weighted by Gasteiger charge is -2.23. The smallest absolute Gasteiger partial charge is 0.233 e. The summed E-state index contributed by atoms with van der Waals surface area (Å²) in [5.74, 6) is -0.689. The normalized spacial score (nSPS) is 13.2. The maximum Gasteiger partial charge on any atom is 0.233 e. The quantitative estimate of drug-likeness (QED) is 0.614. The standard InChI is InChI=1S/C24H32N2O2/c1-17(2)15-16-22(23(27)25-18(3)20-11-7-5-8-12-20)24(28)26-19(4)21-13-9-6-10-14-21/h5-14,17-19,22H,15-16H2,1-4H3,(H,25,27)(H,26,28)/t18-,19-/m0/s1. The molecule has 0 aliphatic rings. The molecule has 2 N–H and O–H groups in total. The first-order chi connectivity index (χ1) is 13.4. The largest absolute Gasteiger partial charge is 0.349 e. The molecule has 4 nitrogen and oxygen atoms in total. The van der Waals surface area contributed by atoms with Crippen LogP contribution in [0.4, 0.5) is 0 Å². The molecule has 0 saturated carbocycles. The molecule has 0 spiro atoms. The van der Waals surface area contributed by atoms with Crippen LogP contribution in [-0.4, -0.2) is 11.8 Å². The molecule has 4 heteroatoms. The Morgan fingerprint density at radius 3 is 1.43 bits per heavy atom. The minimum Gasteiger partial charge on any atom is -0.349 e. The van der Waals surface area contributed by atoms with Crippen LogP contribution in [0.2, 0.25) is 0 Å². The van der Waals surface area contributed by atoms with Crippen LogP contribution < -0.4 is 10.6 Å². The van der Waals surface area contributed by atoms with E-state index in [1.54, 1.807) is 0 Å². The Hall–Kier alpha value is -2.62. The predicted molar refractivity (Wildman–Crippen MR) is 114 cm³/mol. The second-order valence-electron chi connectivity index (χ2n) is 7.81. The molecule has 0 saturated heterocycles. The van der Waals surface area contributed by atoms with E-state index in [0.717, 1.165) is 17.5 Å². The Kier molecular flexibility index (Phi) is 8.24. The van der Waals surface area contributed by atoms with E-state index in [2.05, 4.69) is 24.5 Å². The zero-order valence-electron chi connectivity index (χ0n) is 17.3. The van der Waals surface area contributed by atoms with E-state index in [4.69, 9.17) is 0 Å². The second kappa shape index (κ2) is 10.6. The van der Waals surface area contributed by atoms with Gasteiger partial charge in [0.25, 0.3) is 0 Å². The maximum atomic E-state index is 12.9. The highest BCUT2D eigenvalue weighted by atomic mass is 16.2. The minimum atomic E-state index is -0.695. The van der Waals surface area contributed by atoms with Crippen molar-refractivity contribution in [3.05, 3.63) is 71.8 Å². The first-order valence-electron chi connectivity index (χ1n) is 10.1. The van der Waals surface area contributed by atoms with Gasteiger partial charge in [0.15, 0.2) is 0 Å². The van der Waals surface area contributed by atoms with Crippen LogP contribution in [0, 0.1) is 11.8 Å². The molecule has 2 aromatic carbocycles. The van der Waals surface area contributed by atoms with Gasteiger partial charge in [-0.15, -0.1) is 0 Å². The van der Waals surface area contributed by atoms with Gasteiger partial charge in [-0.1, -0.05) is 74.5 Å². The van der Waals surface area contributed by atoms with Crippen molar-refractivity contribution in [2.75, 3.05) is 0 Å². The molecule has 0 aliphatic carbocycles. The first kappa shape index (κ1) is 21.7. The van der Waals surface area contributed by atoms with Gasteiger partial charge in [0, 0.05) is 0 Å². The molecule has 2 rings (SSSR count). The highest BCUT2D eigenvalue weighted by Crippen LogP contribution is 2.19. The third-order valence-electron chi connectivity index (χ3n) is 4.98. The topological polar surface area (TPSA) is 58.2 Å². The van der Waals surface area contributed by atoms with E-state index in [1.165, 1.54) is 0 Å². The van der Waals surface area contributed by atoms with E-state index in [-0.39, 0.29) is 23.9 Å². The van der Waals surface area contributed by atoms with Crippen LogP contribution in [-0.2, 0) is 9.59 Å². The third kappa shape index (κ3) is 6.52. The van der Waals surface area contributed by atoms with E-state index < -0.39 is 5.92 Å². The fourth-order valence-electron chi connectivity index (χ4n) is 3.16. The maximum absolute atomic E-state index is 12.9. The van der Waals surface area contributed by atoms with Gasteiger partial charge in [-0.2, -0.15) is 0 Å². The summed E-state index contributed by atoms with van der Waals surface area (Å²) in [5, 5.41) is 6.03. The summed E-state index contributed by atoms with van der Waals surface area (Å²) < 4.78 is 0. The molecule has 150 valence electrons. The summed E-state index contributed by atoms with van der Waals surface area (Å²) in [6.07, 6.45) is 1.36. The SMILES string of the molecule is CC(C)CCC(C(=O)N[C@@H](C)c1ccccc1)C(=O)N[C@@H](C)c1ccccc1. The summed E-state index contributed by atoms with van der Waals surface area (Å²) in [7, 11) is 0. The Morgan fingerprint density at radius 2 is 1.07 bits per heavy atom. The van der Waals surface area contributed by atoms with Crippen molar-refractivity contribution in [2.45, 2.75) is 52.6 Å². The zero-order valence-corrected chi connectivity index (χ0v) is 17.3. The molecule has 0 bridgehead atoms. The van der Waals surface area contributed by atoms with Crippen LogP contribution in [0.15, 0.2) is 60.7 Å². The minimum absolute atomic E-state index is 0.144. The second-order valence-corrected chi connectivity index (χ2v) is 7.81. The lowest BCUT2D eigenvalue weighted by Crippen LogP contribution is -2.43. The van der Waals surface area contributed by atoms with Gasteiger partial charge in [-0.25, -0.2) is 0 Å². The van der Waals surface area contributed by atoms with Gasteiger partial charge < -0.3 is 10.6 Å².